The number of furan rings is 1. The molecule has 0 aliphatic heterocycles. The summed E-state index contributed by atoms with van der Waals surface area (Å²) in [7, 11) is 2.12. The van der Waals surface area contributed by atoms with Crippen LogP contribution in [0.5, 0.6) is 0 Å². The maximum atomic E-state index is 5.77. The van der Waals surface area contributed by atoms with Gasteiger partial charge in [-0.15, -0.1) is 0 Å². The predicted octanol–water partition coefficient (Wildman–Crippen LogP) is 2.93. The first-order chi connectivity index (χ1) is 7.81. The average molecular weight is 238 g/mol. The van der Waals surface area contributed by atoms with Gasteiger partial charge in [0.1, 0.15) is 11.5 Å². The molecule has 0 amide bonds. The van der Waals surface area contributed by atoms with Crippen LogP contribution < -0.4 is 5.32 Å². The molecule has 0 aliphatic rings. The van der Waals surface area contributed by atoms with Crippen LogP contribution in [0, 0.1) is 6.92 Å². The zero-order valence-corrected chi connectivity index (χ0v) is 12.1. The summed E-state index contributed by atoms with van der Waals surface area (Å²) in [4.78, 5) is 2.28. The lowest BCUT2D eigenvalue weighted by Gasteiger charge is -2.19. The second kappa shape index (κ2) is 5.69. The molecule has 0 atom stereocenters. The van der Waals surface area contributed by atoms with Gasteiger partial charge in [-0.1, -0.05) is 6.92 Å². The van der Waals surface area contributed by atoms with Crippen molar-refractivity contribution in [2.45, 2.75) is 53.2 Å². The van der Waals surface area contributed by atoms with Gasteiger partial charge in [0.25, 0.3) is 0 Å². The van der Waals surface area contributed by atoms with Crippen molar-refractivity contribution in [3.05, 3.63) is 23.2 Å². The fourth-order valence-electron chi connectivity index (χ4n) is 1.59. The molecule has 1 aromatic rings. The van der Waals surface area contributed by atoms with Crippen LogP contribution >= 0.6 is 0 Å². The van der Waals surface area contributed by atoms with Crippen molar-refractivity contribution in [1.29, 1.82) is 0 Å². The largest absolute Gasteiger partial charge is 0.465 e. The lowest BCUT2D eigenvalue weighted by Crippen LogP contribution is -2.34. The van der Waals surface area contributed by atoms with Gasteiger partial charge in [-0.05, 0) is 47.4 Å². The number of rotatable bonds is 5. The molecule has 1 aromatic heterocycles. The molecule has 17 heavy (non-hydrogen) atoms. The highest BCUT2D eigenvalue weighted by Gasteiger charge is 2.12. The molecule has 0 aliphatic carbocycles. The van der Waals surface area contributed by atoms with Gasteiger partial charge < -0.3 is 14.6 Å². The van der Waals surface area contributed by atoms with Crippen LogP contribution in [0.1, 0.15) is 44.8 Å². The molecule has 0 spiro atoms. The first kappa shape index (κ1) is 14.3. The molecule has 0 unspecified atom stereocenters. The Hall–Kier alpha value is -0.800. The molecule has 0 aromatic carbocycles. The van der Waals surface area contributed by atoms with E-state index >= 15 is 0 Å². The van der Waals surface area contributed by atoms with Crippen molar-refractivity contribution >= 4 is 0 Å². The third-order valence-corrected chi connectivity index (χ3v) is 2.84. The second-order valence-electron chi connectivity index (χ2n) is 5.73. The Morgan fingerprint density at radius 3 is 2.53 bits per heavy atom. The summed E-state index contributed by atoms with van der Waals surface area (Å²) < 4.78 is 5.77. The molecule has 0 saturated carbocycles. The Kier molecular flexibility index (Phi) is 4.78. The smallest absolute Gasteiger partial charge is 0.118 e. The fourth-order valence-corrected chi connectivity index (χ4v) is 1.59. The lowest BCUT2D eigenvalue weighted by molar-refractivity contribution is 0.341. The standard InChI is InChI=1S/C14H26N2O/c1-7-16(6)10-12-8-13(17-11(12)2)9-15-14(3,4)5/h8,15H,7,9-10H2,1-6H3. The second-order valence-corrected chi connectivity index (χ2v) is 5.73. The maximum Gasteiger partial charge on any atom is 0.118 e. The molecular formula is C14H26N2O. The summed E-state index contributed by atoms with van der Waals surface area (Å²) in [6.07, 6.45) is 0. The third-order valence-electron chi connectivity index (χ3n) is 2.84. The van der Waals surface area contributed by atoms with Gasteiger partial charge in [0.2, 0.25) is 0 Å². The summed E-state index contributed by atoms with van der Waals surface area (Å²) in [5.74, 6) is 2.06. The number of nitrogens with zero attached hydrogens (tertiary/aromatic N) is 1. The normalized spacial score (nSPS) is 12.4. The quantitative estimate of drug-likeness (QED) is 0.855. The van der Waals surface area contributed by atoms with Crippen LogP contribution in [0.4, 0.5) is 0 Å². The lowest BCUT2D eigenvalue weighted by atomic mass is 10.1. The summed E-state index contributed by atoms with van der Waals surface area (Å²) in [5, 5.41) is 3.44. The van der Waals surface area contributed by atoms with E-state index in [1.807, 2.05) is 6.92 Å². The van der Waals surface area contributed by atoms with Crippen molar-refractivity contribution < 1.29 is 4.42 Å². The van der Waals surface area contributed by atoms with Crippen LogP contribution in [-0.4, -0.2) is 24.0 Å². The van der Waals surface area contributed by atoms with E-state index in [0.29, 0.717) is 0 Å². The van der Waals surface area contributed by atoms with E-state index < -0.39 is 0 Å². The van der Waals surface area contributed by atoms with E-state index in [9.17, 15) is 0 Å². The number of nitrogens with one attached hydrogen (secondary N) is 1. The highest BCUT2D eigenvalue weighted by Crippen LogP contribution is 2.17. The van der Waals surface area contributed by atoms with Crippen LogP contribution in [0.2, 0.25) is 0 Å². The van der Waals surface area contributed by atoms with Crippen molar-refractivity contribution in [3.8, 4) is 0 Å². The maximum absolute atomic E-state index is 5.77. The molecular weight excluding hydrogens is 212 g/mol. The molecule has 3 heteroatoms. The van der Waals surface area contributed by atoms with Crippen LogP contribution in [-0.2, 0) is 13.1 Å². The van der Waals surface area contributed by atoms with Gasteiger partial charge in [0, 0.05) is 17.6 Å². The minimum absolute atomic E-state index is 0.126. The van der Waals surface area contributed by atoms with Gasteiger partial charge in [-0.25, -0.2) is 0 Å². The van der Waals surface area contributed by atoms with Crippen LogP contribution in [0.15, 0.2) is 10.5 Å². The Labute approximate surface area is 105 Å². The predicted molar refractivity (Wildman–Crippen MR) is 72.0 cm³/mol. The molecule has 0 fully saturated rings. The summed E-state index contributed by atoms with van der Waals surface area (Å²) in [6.45, 7) is 13.5. The highest BCUT2D eigenvalue weighted by atomic mass is 16.3. The monoisotopic (exact) mass is 238 g/mol. The molecule has 1 N–H and O–H groups in total. The molecule has 1 heterocycles. The van der Waals surface area contributed by atoms with Crippen molar-refractivity contribution in [3.63, 3.8) is 0 Å². The topological polar surface area (TPSA) is 28.4 Å². The SMILES string of the molecule is CCN(C)Cc1cc(CNC(C)(C)C)oc1C. The zero-order chi connectivity index (χ0) is 13.1. The minimum Gasteiger partial charge on any atom is -0.465 e. The average Bonchev–Trinajstić information content (AvgIpc) is 2.56. The highest BCUT2D eigenvalue weighted by molar-refractivity contribution is 5.20. The van der Waals surface area contributed by atoms with Crippen LogP contribution in [0.3, 0.4) is 0 Å². The van der Waals surface area contributed by atoms with E-state index in [4.69, 9.17) is 4.42 Å². The molecule has 0 bridgehead atoms. The fraction of sp³-hybridized carbons (Fsp3) is 0.714. The Balaban J connectivity index is 2.62. The van der Waals surface area contributed by atoms with Gasteiger partial charge >= 0.3 is 0 Å². The van der Waals surface area contributed by atoms with E-state index in [1.54, 1.807) is 0 Å². The number of hydrogen-bond donors (Lipinski definition) is 1. The van der Waals surface area contributed by atoms with E-state index in [-0.39, 0.29) is 5.54 Å². The van der Waals surface area contributed by atoms with Gasteiger partial charge in [0.05, 0.1) is 6.54 Å². The zero-order valence-electron chi connectivity index (χ0n) is 12.1. The molecule has 98 valence electrons. The number of hydrogen-bond acceptors (Lipinski definition) is 3. The number of aryl methyl sites for hydroxylation is 1. The van der Waals surface area contributed by atoms with Gasteiger partial charge in [-0.2, -0.15) is 0 Å². The summed E-state index contributed by atoms with van der Waals surface area (Å²) in [5.41, 5.74) is 1.42. The minimum atomic E-state index is 0.126. The van der Waals surface area contributed by atoms with E-state index in [0.717, 1.165) is 31.2 Å². The molecule has 1 rings (SSSR count). The van der Waals surface area contributed by atoms with Crippen molar-refractivity contribution in [1.82, 2.24) is 10.2 Å². The van der Waals surface area contributed by atoms with Crippen molar-refractivity contribution in [2.75, 3.05) is 13.6 Å². The van der Waals surface area contributed by atoms with Crippen molar-refractivity contribution in [2.24, 2.45) is 0 Å². The van der Waals surface area contributed by atoms with E-state index in [2.05, 4.69) is 51.0 Å². The molecule has 0 radical (unpaired) electrons. The Morgan fingerprint density at radius 2 is 2.00 bits per heavy atom. The third kappa shape index (κ3) is 4.92. The van der Waals surface area contributed by atoms with Crippen LogP contribution in [0.25, 0.3) is 0 Å². The first-order valence-electron chi connectivity index (χ1n) is 6.33. The Bertz CT molecular complexity index is 350. The molecule has 0 saturated heterocycles. The Morgan fingerprint density at radius 1 is 1.35 bits per heavy atom. The molecule has 3 nitrogen and oxygen atoms in total. The van der Waals surface area contributed by atoms with E-state index in [1.165, 1.54) is 5.56 Å². The first-order valence-corrected chi connectivity index (χ1v) is 6.33. The van der Waals surface area contributed by atoms with Gasteiger partial charge in [0.15, 0.2) is 0 Å². The van der Waals surface area contributed by atoms with Gasteiger partial charge in [-0.3, -0.25) is 0 Å². The summed E-state index contributed by atoms with van der Waals surface area (Å²) in [6, 6.07) is 2.17. The summed E-state index contributed by atoms with van der Waals surface area (Å²) >= 11 is 0.